The van der Waals surface area contributed by atoms with Gasteiger partial charge in [-0.3, -0.25) is 0 Å². The van der Waals surface area contributed by atoms with Crippen LogP contribution < -0.4 is 5.32 Å². The molecule has 1 atom stereocenters. The third-order valence-electron chi connectivity index (χ3n) is 2.76. The van der Waals surface area contributed by atoms with E-state index < -0.39 is 0 Å². The van der Waals surface area contributed by atoms with Crippen LogP contribution in [0.2, 0.25) is 0 Å². The van der Waals surface area contributed by atoms with Crippen molar-refractivity contribution in [3.63, 3.8) is 0 Å². The lowest BCUT2D eigenvalue weighted by atomic mass is 10.0. The fourth-order valence-electron chi connectivity index (χ4n) is 1.98. The van der Waals surface area contributed by atoms with Gasteiger partial charge in [0, 0.05) is 14.9 Å². The number of halogens is 2. The van der Waals surface area contributed by atoms with E-state index in [1.807, 2.05) is 27.0 Å². The number of hydrogen-bond donors (Lipinski definition) is 1. The zero-order valence-corrected chi connectivity index (χ0v) is 12.8. The van der Waals surface area contributed by atoms with Gasteiger partial charge in [0.25, 0.3) is 0 Å². The van der Waals surface area contributed by atoms with Crippen LogP contribution in [0.1, 0.15) is 27.2 Å². The van der Waals surface area contributed by atoms with Gasteiger partial charge in [0.05, 0.1) is 16.7 Å². The number of thiazole rings is 1. The molecule has 0 aliphatic carbocycles. The number of benzene rings is 1. The molecular weight excluding hydrogens is 315 g/mol. The Labute approximate surface area is 118 Å². The molecule has 18 heavy (non-hydrogen) atoms. The number of aryl methyl sites for hydroxylation is 2. The van der Waals surface area contributed by atoms with Crippen molar-refractivity contribution in [3.8, 4) is 0 Å². The second-order valence-electron chi connectivity index (χ2n) is 4.07. The van der Waals surface area contributed by atoms with Crippen molar-refractivity contribution < 1.29 is 4.39 Å². The summed E-state index contributed by atoms with van der Waals surface area (Å²) in [5.41, 5.74) is 1.59. The molecule has 0 fully saturated rings. The van der Waals surface area contributed by atoms with Crippen LogP contribution in [0.4, 0.5) is 4.39 Å². The van der Waals surface area contributed by atoms with Crippen LogP contribution in [-0.4, -0.2) is 12.0 Å². The van der Waals surface area contributed by atoms with Crippen LogP contribution in [-0.2, 0) is 0 Å². The summed E-state index contributed by atoms with van der Waals surface area (Å²) < 4.78 is 14.8. The van der Waals surface area contributed by atoms with Gasteiger partial charge in [-0.2, -0.15) is 0 Å². The summed E-state index contributed by atoms with van der Waals surface area (Å²) >= 11 is 4.98. The van der Waals surface area contributed by atoms with E-state index in [0.717, 1.165) is 20.1 Å². The normalized spacial score (nSPS) is 12.7. The van der Waals surface area contributed by atoms with Crippen LogP contribution in [0.5, 0.6) is 0 Å². The molecule has 0 saturated carbocycles. The first kappa shape index (κ1) is 13.6. The monoisotopic (exact) mass is 328 g/mol. The third kappa shape index (κ3) is 2.63. The van der Waals surface area contributed by atoms with Gasteiger partial charge < -0.3 is 5.32 Å². The van der Waals surface area contributed by atoms with Crippen molar-refractivity contribution >= 4 is 27.3 Å². The fourth-order valence-corrected chi connectivity index (χ4v) is 3.41. The summed E-state index contributed by atoms with van der Waals surface area (Å²) in [5.74, 6) is -0.206. The van der Waals surface area contributed by atoms with Gasteiger partial charge in [0.2, 0.25) is 0 Å². The highest BCUT2D eigenvalue weighted by molar-refractivity contribution is 9.10. The second kappa shape index (κ2) is 5.47. The highest BCUT2D eigenvalue weighted by atomic mass is 79.9. The molecule has 1 N–H and O–H groups in total. The van der Waals surface area contributed by atoms with E-state index in [1.54, 1.807) is 17.4 Å². The Morgan fingerprint density at radius 2 is 2.11 bits per heavy atom. The summed E-state index contributed by atoms with van der Waals surface area (Å²) in [6, 6.07) is 4.84. The van der Waals surface area contributed by atoms with Gasteiger partial charge in [0.1, 0.15) is 5.82 Å². The molecular formula is C13H14BrFN2S. The number of hydrogen-bond acceptors (Lipinski definition) is 3. The van der Waals surface area contributed by atoms with Crippen molar-refractivity contribution in [3.05, 3.63) is 49.6 Å². The van der Waals surface area contributed by atoms with E-state index in [9.17, 15) is 4.39 Å². The average Bonchev–Trinajstić information content (AvgIpc) is 2.64. The Hall–Kier alpha value is -0.780. The summed E-state index contributed by atoms with van der Waals surface area (Å²) in [6.07, 6.45) is 0. The van der Waals surface area contributed by atoms with Crippen molar-refractivity contribution in [1.82, 2.24) is 10.3 Å². The standard InChI is InChI=1S/C13H14BrFN2S/c1-7-13(18-8(2)17-7)12(16-3)10-6-9(14)4-5-11(10)15/h4-6,12,16H,1-3H3. The molecule has 1 unspecified atom stereocenters. The second-order valence-corrected chi connectivity index (χ2v) is 6.22. The number of rotatable bonds is 3. The Kier molecular flexibility index (Phi) is 4.14. The quantitative estimate of drug-likeness (QED) is 0.922. The zero-order valence-electron chi connectivity index (χ0n) is 10.4. The predicted molar refractivity (Wildman–Crippen MR) is 76.6 cm³/mol. The molecule has 0 saturated heterocycles. The first-order valence-corrected chi connectivity index (χ1v) is 7.20. The smallest absolute Gasteiger partial charge is 0.128 e. The minimum Gasteiger partial charge on any atom is -0.309 e. The van der Waals surface area contributed by atoms with Crippen molar-refractivity contribution in [2.75, 3.05) is 7.05 Å². The number of nitrogens with one attached hydrogen (secondary N) is 1. The Morgan fingerprint density at radius 1 is 1.39 bits per heavy atom. The number of aromatic nitrogens is 1. The van der Waals surface area contributed by atoms with Crippen molar-refractivity contribution in [2.45, 2.75) is 19.9 Å². The van der Waals surface area contributed by atoms with Crippen molar-refractivity contribution in [1.29, 1.82) is 0 Å². The van der Waals surface area contributed by atoms with E-state index in [4.69, 9.17) is 0 Å². The molecule has 5 heteroatoms. The van der Waals surface area contributed by atoms with Crippen LogP contribution >= 0.6 is 27.3 Å². The number of nitrogens with zero attached hydrogens (tertiary/aromatic N) is 1. The van der Waals surface area contributed by atoms with Gasteiger partial charge >= 0.3 is 0 Å². The van der Waals surface area contributed by atoms with Gasteiger partial charge in [-0.05, 0) is 39.1 Å². The molecule has 0 aliphatic heterocycles. The average molecular weight is 329 g/mol. The van der Waals surface area contributed by atoms with Gasteiger partial charge in [0.15, 0.2) is 0 Å². The maximum absolute atomic E-state index is 14.0. The zero-order chi connectivity index (χ0) is 13.3. The van der Waals surface area contributed by atoms with Gasteiger partial charge in [-0.15, -0.1) is 11.3 Å². The van der Waals surface area contributed by atoms with E-state index in [2.05, 4.69) is 26.2 Å². The Balaban J connectivity index is 2.51. The third-order valence-corrected chi connectivity index (χ3v) is 4.39. The molecule has 0 bridgehead atoms. The molecule has 1 aromatic carbocycles. The summed E-state index contributed by atoms with van der Waals surface area (Å²) in [6.45, 7) is 3.92. The first-order chi connectivity index (χ1) is 8.52. The molecule has 0 spiro atoms. The molecule has 1 heterocycles. The lowest BCUT2D eigenvalue weighted by molar-refractivity contribution is 0.577. The molecule has 2 nitrogen and oxygen atoms in total. The molecule has 0 radical (unpaired) electrons. The molecule has 2 rings (SSSR count). The van der Waals surface area contributed by atoms with Crippen LogP contribution in [0.15, 0.2) is 22.7 Å². The first-order valence-electron chi connectivity index (χ1n) is 5.59. The van der Waals surface area contributed by atoms with Crippen molar-refractivity contribution in [2.24, 2.45) is 0 Å². The van der Waals surface area contributed by atoms with Gasteiger partial charge in [-0.25, -0.2) is 9.37 Å². The molecule has 0 amide bonds. The van der Waals surface area contributed by atoms with Crippen LogP contribution in [0, 0.1) is 19.7 Å². The Morgan fingerprint density at radius 3 is 2.67 bits per heavy atom. The van der Waals surface area contributed by atoms with Gasteiger partial charge in [-0.1, -0.05) is 15.9 Å². The molecule has 1 aromatic heterocycles. The lowest BCUT2D eigenvalue weighted by Gasteiger charge is -2.16. The van der Waals surface area contributed by atoms with E-state index >= 15 is 0 Å². The largest absolute Gasteiger partial charge is 0.309 e. The summed E-state index contributed by atoms with van der Waals surface area (Å²) in [5, 5.41) is 4.16. The van der Waals surface area contributed by atoms with E-state index in [1.165, 1.54) is 6.07 Å². The molecule has 96 valence electrons. The molecule has 0 aliphatic rings. The SMILES string of the molecule is CNC(c1cc(Br)ccc1F)c1sc(C)nc1C. The maximum Gasteiger partial charge on any atom is 0.128 e. The minimum absolute atomic E-state index is 0.159. The summed E-state index contributed by atoms with van der Waals surface area (Å²) in [4.78, 5) is 5.46. The highest BCUT2D eigenvalue weighted by Gasteiger charge is 2.21. The maximum atomic E-state index is 14.0. The fraction of sp³-hybridized carbons (Fsp3) is 0.308. The predicted octanol–water partition coefficient (Wildman–Crippen LogP) is 3.97. The Bertz CT molecular complexity index is 568. The minimum atomic E-state index is -0.206. The lowest BCUT2D eigenvalue weighted by Crippen LogP contribution is -2.18. The van der Waals surface area contributed by atoms with Crippen LogP contribution in [0.25, 0.3) is 0 Å². The summed E-state index contributed by atoms with van der Waals surface area (Å²) in [7, 11) is 1.83. The van der Waals surface area contributed by atoms with Crippen LogP contribution in [0.3, 0.4) is 0 Å². The van der Waals surface area contributed by atoms with E-state index in [-0.39, 0.29) is 11.9 Å². The highest BCUT2D eigenvalue weighted by Crippen LogP contribution is 2.32. The topological polar surface area (TPSA) is 24.9 Å². The molecule has 2 aromatic rings. The van der Waals surface area contributed by atoms with E-state index in [0.29, 0.717) is 5.56 Å².